The van der Waals surface area contributed by atoms with Crippen LogP contribution in [0.2, 0.25) is 0 Å². The van der Waals surface area contributed by atoms with Gasteiger partial charge in [0.1, 0.15) is 12.6 Å². The molecule has 22 heavy (non-hydrogen) atoms. The molecule has 1 aromatic carbocycles. The number of aliphatic hydroxyl groups is 1. The maximum Gasteiger partial charge on any atom is 0.410 e. The summed E-state index contributed by atoms with van der Waals surface area (Å²) in [6.45, 7) is 2.18. The largest absolute Gasteiger partial charge is 0.464 e. The Morgan fingerprint density at radius 1 is 1.23 bits per heavy atom. The van der Waals surface area contributed by atoms with Crippen LogP contribution in [0.15, 0.2) is 30.3 Å². The van der Waals surface area contributed by atoms with E-state index in [0.29, 0.717) is 12.8 Å². The third-order valence-electron chi connectivity index (χ3n) is 3.56. The minimum absolute atomic E-state index is 0.0805. The van der Waals surface area contributed by atoms with Gasteiger partial charge in [0, 0.05) is 0 Å². The van der Waals surface area contributed by atoms with Gasteiger partial charge in [-0.05, 0) is 25.3 Å². The minimum atomic E-state index is -0.688. The molecule has 1 N–H and O–H groups in total. The van der Waals surface area contributed by atoms with Crippen LogP contribution in [0.4, 0.5) is 4.79 Å². The fourth-order valence-corrected chi connectivity index (χ4v) is 2.44. The van der Waals surface area contributed by atoms with Gasteiger partial charge in [0.05, 0.1) is 19.3 Å². The van der Waals surface area contributed by atoms with Crippen molar-refractivity contribution in [1.29, 1.82) is 0 Å². The number of hydrogen-bond acceptors (Lipinski definition) is 5. The monoisotopic (exact) mass is 307 g/mol. The van der Waals surface area contributed by atoms with Crippen LogP contribution < -0.4 is 0 Å². The second kappa shape index (κ2) is 7.79. The quantitative estimate of drug-likeness (QED) is 0.857. The summed E-state index contributed by atoms with van der Waals surface area (Å²) in [4.78, 5) is 25.4. The van der Waals surface area contributed by atoms with Crippen LogP contribution in [-0.4, -0.2) is 47.4 Å². The highest BCUT2D eigenvalue weighted by Crippen LogP contribution is 2.20. The minimum Gasteiger partial charge on any atom is -0.464 e. The molecule has 2 rings (SSSR count). The van der Waals surface area contributed by atoms with E-state index >= 15 is 0 Å². The molecule has 1 saturated heterocycles. The van der Waals surface area contributed by atoms with Gasteiger partial charge in [0.15, 0.2) is 0 Å². The van der Waals surface area contributed by atoms with E-state index in [-0.39, 0.29) is 19.8 Å². The molecule has 1 fully saturated rings. The summed E-state index contributed by atoms with van der Waals surface area (Å²) in [6.07, 6.45) is -0.414. The van der Waals surface area contributed by atoms with E-state index in [4.69, 9.17) is 9.47 Å². The number of β-amino-alcohol motifs (C(OH)–C–C–N with tert-alkyl or cyclic N) is 1. The van der Waals surface area contributed by atoms with Gasteiger partial charge in [-0.25, -0.2) is 9.59 Å². The summed E-state index contributed by atoms with van der Waals surface area (Å²) in [7, 11) is 0. The van der Waals surface area contributed by atoms with E-state index in [9.17, 15) is 14.7 Å². The summed E-state index contributed by atoms with van der Waals surface area (Å²) < 4.78 is 10.2. The molecule has 0 saturated carbocycles. The molecule has 0 aromatic heterocycles. The van der Waals surface area contributed by atoms with Crippen LogP contribution >= 0.6 is 0 Å². The Kier molecular flexibility index (Phi) is 5.77. The zero-order valence-corrected chi connectivity index (χ0v) is 12.6. The highest BCUT2D eigenvalue weighted by Gasteiger charge is 2.37. The van der Waals surface area contributed by atoms with Gasteiger partial charge in [-0.2, -0.15) is 0 Å². The molecule has 0 radical (unpaired) electrons. The van der Waals surface area contributed by atoms with Crippen molar-refractivity contribution >= 4 is 12.1 Å². The molecule has 6 nitrogen and oxygen atoms in total. The Morgan fingerprint density at radius 3 is 2.64 bits per heavy atom. The molecule has 1 aliphatic heterocycles. The fourth-order valence-electron chi connectivity index (χ4n) is 2.44. The van der Waals surface area contributed by atoms with Gasteiger partial charge >= 0.3 is 12.1 Å². The van der Waals surface area contributed by atoms with E-state index < -0.39 is 24.2 Å². The molecule has 1 aromatic rings. The molecule has 0 unspecified atom stereocenters. The highest BCUT2D eigenvalue weighted by atomic mass is 16.6. The average Bonchev–Trinajstić information content (AvgIpc) is 2.53. The highest BCUT2D eigenvalue weighted by molar-refractivity contribution is 5.81. The summed E-state index contributed by atoms with van der Waals surface area (Å²) in [5.74, 6) is -0.453. The van der Waals surface area contributed by atoms with Gasteiger partial charge in [0.25, 0.3) is 0 Å². The molecule has 6 heteroatoms. The van der Waals surface area contributed by atoms with E-state index in [1.807, 2.05) is 30.3 Å². The lowest BCUT2D eigenvalue weighted by Gasteiger charge is -2.35. The second-order valence-corrected chi connectivity index (χ2v) is 5.19. The van der Waals surface area contributed by atoms with Crippen LogP contribution in [0.25, 0.3) is 0 Å². The van der Waals surface area contributed by atoms with Crippen LogP contribution in [0.5, 0.6) is 0 Å². The Balaban J connectivity index is 1.98. The van der Waals surface area contributed by atoms with Crippen molar-refractivity contribution < 1.29 is 24.2 Å². The van der Waals surface area contributed by atoms with Crippen molar-refractivity contribution in [1.82, 2.24) is 4.90 Å². The molecule has 0 bridgehead atoms. The van der Waals surface area contributed by atoms with Crippen LogP contribution in [-0.2, 0) is 20.9 Å². The van der Waals surface area contributed by atoms with E-state index in [0.717, 1.165) is 5.56 Å². The molecule has 2 atom stereocenters. The number of carbonyl (C=O) groups excluding carboxylic acids is 2. The third kappa shape index (κ3) is 4.21. The van der Waals surface area contributed by atoms with Gasteiger partial charge in [0.2, 0.25) is 0 Å². The van der Waals surface area contributed by atoms with E-state index in [1.165, 1.54) is 4.90 Å². The number of carbonyl (C=O) groups is 2. The summed E-state index contributed by atoms with van der Waals surface area (Å²) in [5, 5.41) is 9.74. The van der Waals surface area contributed by atoms with Crippen molar-refractivity contribution in [3.63, 3.8) is 0 Å². The first-order valence-electron chi connectivity index (χ1n) is 7.43. The Morgan fingerprint density at radius 2 is 1.95 bits per heavy atom. The summed E-state index contributed by atoms with van der Waals surface area (Å²) in [5.41, 5.74) is 0.862. The van der Waals surface area contributed by atoms with Gasteiger partial charge in [-0.3, -0.25) is 4.90 Å². The van der Waals surface area contributed by atoms with Crippen molar-refractivity contribution in [3.05, 3.63) is 35.9 Å². The maximum absolute atomic E-state index is 12.2. The standard InChI is InChI=1S/C16H21NO5/c1-2-21-15(19)14-9-8-13(18)10-17(14)16(20)22-11-12-6-4-3-5-7-12/h3-7,13-14,18H,2,8-11H2,1H3/t13-,14+/m1/s1. The van der Waals surface area contributed by atoms with E-state index in [2.05, 4.69) is 0 Å². The maximum atomic E-state index is 12.2. The Bertz CT molecular complexity index is 505. The number of piperidine rings is 1. The lowest BCUT2D eigenvalue weighted by molar-refractivity contribution is -0.151. The zero-order chi connectivity index (χ0) is 15.9. The smallest absolute Gasteiger partial charge is 0.410 e. The number of amides is 1. The fraction of sp³-hybridized carbons (Fsp3) is 0.500. The number of benzene rings is 1. The molecule has 0 aliphatic carbocycles. The van der Waals surface area contributed by atoms with Crippen molar-refractivity contribution in [3.8, 4) is 0 Å². The molecule has 1 aliphatic rings. The number of rotatable bonds is 4. The predicted molar refractivity (Wildman–Crippen MR) is 79.0 cm³/mol. The summed E-state index contributed by atoms with van der Waals surface area (Å²) >= 11 is 0. The number of ether oxygens (including phenoxy) is 2. The van der Waals surface area contributed by atoms with Crippen molar-refractivity contribution in [2.24, 2.45) is 0 Å². The van der Waals surface area contributed by atoms with Crippen molar-refractivity contribution in [2.45, 2.75) is 38.5 Å². The van der Waals surface area contributed by atoms with Crippen LogP contribution in [0.3, 0.4) is 0 Å². The van der Waals surface area contributed by atoms with Crippen LogP contribution in [0.1, 0.15) is 25.3 Å². The van der Waals surface area contributed by atoms with E-state index in [1.54, 1.807) is 6.92 Å². The topological polar surface area (TPSA) is 76.1 Å². The molecule has 1 amide bonds. The Hall–Kier alpha value is -2.08. The molecular formula is C16H21NO5. The molecular weight excluding hydrogens is 286 g/mol. The SMILES string of the molecule is CCOC(=O)[C@@H]1CC[C@@H](O)CN1C(=O)OCc1ccccc1. The number of aliphatic hydroxyl groups excluding tert-OH is 1. The average molecular weight is 307 g/mol. The van der Waals surface area contributed by atoms with Crippen LogP contribution in [0, 0.1) is 0 Å². The summed E-state index contributed by atoms with van der Waals surface area (Å²) in [6, 6.07) is 8.60. The first kappa shape index (κ1) is 16.3. The second-order valence-electron chi connectivity index (χ2n) is 5.19. The lowest BCUT2D eigenvalue weighted by atomic mass is 10.0. The normalized spacial score (nSPS) is 21.3. The zero-order valence-electron chi connectivity index (χ0n) is 12.6. The lowest BCUT2D eigenvalue weighted by Crippen LogP contribution is -2.52. The molecule has 0 spiro atoms. The molecule has 120 valence electrons. The first-order chi connectivity index (χ1) is 10.6. The van der Waals surface area contributed by atoms with Gasteiger partial charge in [-0.15, -0.1) is 0 Å². The predicted octanol–water partition coefficient (Wildman–Crippen LogP) is 1.71. The number of nitrogens with zero attached hydrogens (tertiary/aromatic N) is 1. The van der Waals surface area contributed by atoms with Gasteiger partial charge in [-0.1, -0.05) is 30.3 Å². The van der Waals surface area contributed by atoms with Crippen molar-refractivity contribution in [2.75, 3.05) is 13.2 Å². The third-order valence-corrected chi connectivity index (χ3v) is 3.56. The molecule has 1 heterocycles. The number of hydrogen-bond donors (Lipinski definition) is 1. The number of likely N-dealkylation sites (tertiary alicyclic amines) is 1. The first-order valence-corrected chi connectivity index (χ1v) is 7.43. The van der Waals surface area contributed by atoms with Gasteiger partial charge < -0.3 is 14.6 Å². The Labute approximate surface area is 129 Å². The number of esters is 1.